The summed E-state index contributed by atoms with van der Waals surface area (Å²) in [6.07, 6.45) is -4.17. The smallest absolute Gasteiger partial charge is 0.416 e. The Morgan fingerprint density at radius 1 is 1.26 bits per heavy atom. The molecule has 1 rings (SSSR count). The predicted octanol–water partition coefficient (Wildman–Crippen LogP) is 1.22. The third-order valence-electron chi connectivity index (χ3n) is 3.37. The molecule has 1 aromatic rings. The molecule has 0 aliphatic carbocycles. The quantitative estimate of drug-likeness (QED) is 0.457. The molecule has 0 unspecified atom stereocenters. The molecule has 0 aliphatic heterocycles. The summed E-state index contributed by atoms with van der Waals surface area (Å²) in [4.78, 5) is 34.6. The van der Waals surface area contributed by atoms with E-state index in [-0.39, 0.29) is 18.6 Å². The Morgan fingerprint density at radius 2 is 1.85 bits per heavy atom. The number of primary amides is 1. The van der Waals surface area contributed by atoms with Crippen molar-refractivity contribution in [3.8, 4) is 0 Å². The summed E-state index contributed by atoms with van der Waals surface area (Å²) >= 11 is 0. The zero-order valence-electron chi connectivity index (χ0n) is 14.3. The number of carbonyl (C=O) groups is 3. The van der Waals surface area contributed by atoms with Gasteiger partial charge in [-0.25, -0.2) is 4.79 Å². The van der Waals surface area contributed by atoms with Gasteiger partial charge in [0.15, 0.2) is 6.10 Å². The maximum Gasteiger partial charge on any atom is 0.416 e. The highest BCUT2D eigenvalue weighted by Gasteiger charge is 2.31. The van der Waals surface area contributed by atoms with Gasteiger partial charge in [-0.05, 0) is 31.0 Å². The molecule has 1 aromatic carbocycles. The molecule has 2 atom stereocenters. The van der Waals surface area contributed by atoms with E-state index >= 15 is 0 Å². The Labute approximate surface area is 153 Å². The van der Waals surface area contributed by atoms with Gasteiger partial charge in [0.05, 0.1) is 12.2 Å². The molecular formula is C17H19F3N2O5. The van der Waals surface area contributed by atoms with E-state index in [2.05, 4.69) is 10.1 Å². The van der Waals surface area contributed by atoms with E-state index in [9.17, 15) is 32.7 Å². The zero-order chi connectivity index (χ0) is 20.6. The highest BCUT2D eigenvalue weighted by atomic mass is 19.4. The lowest BCUT2D eigenvalue weighted by Crippen LogP contribution is -2.45. The molecule has 0 saturated heterocycles. The minimum atomic E-state index is -4.55. The molecule has 0 radical (unpaired) electrons. The molecule has 0 bridgehead atoms. The van der Waals surface area contributed by atoms with Crippen molar-refractivity contribution in [2.24, 2.45) is 5.73 Å². The first kappa shape index (κ1) is 22.2. The molecule has 4 N–H and O–H groups in total. The van der Waals surface area contributed by atoms with Crippen molar-refractivity contribution in [3.05, 3.63) is 47.5 Å². The van der Waals surface area contributed by atoms with Gasteiger partial charge in [-0.1, -0.05) is 18.2 Å². The van der Waals surface area contributed by atoms with Gasteiger partial charge in [0, 0.05) is 6.08 Å². The summed E-state index contributed by atoms with van der Waals surface area (Å²) in [5, 5.41) is 12.1. The van der Waals surface area contributed by atoms with Crippen LogP contribution in [0, 0.1) is 0 Å². The fourth-order valence-electron chi connectivity index (χ4n) is 1.99. The van der Waals surface area contributed by atoms with Crippen LogP contribution in [0.2, 0.25) is 0 Å². The topological polar surface area (TPSA) is 119 Å². The zero-order valence-corrected chi connectivity index (χ0v) is 14.3. The molecule has 0 aromatic heterocycles. The monoisotopic (exact) mass is 388 g/mol. The van der Waals surface area contributed by atoms with E-state index in [0.29, 0.717) is 0 Å². The molecule has 10 heteroatoms. The van der Waals surface area contributed by atoms with Crippen molar-refractivity contribution in [3.63, 3.8) is 0 Å². The number of halogens is 3. The number of ether oxygens (including phenoxy) is 1. The number of rotatable bonds is 8. The fraction of sp³-hybridized carbons (Fsp3) is 0.353. The highest BCUT2D eigenvalue weighted by Crippen LogP contribution is 2.29. The molecule has 2 amide bonds. The van der Waals surface area contributed by atoms with Crippen LogP contribution >= 0.6 is 0 Å². The molecule has 7 nitrogen and oxygen atoms in total. The van der Waals surface area contributed by atoms with Crippen molar-refractivity contribution in [2.45, 2.75) is 31.7 Å². The molecule has 0 heterocycles. The van der Waals surface area contributed by atoms with Crippen LogP contribution in [0.4, 0.5) is 13.2 Å². The lowest BCUT2D eigenvalue weighted by atomic mass is 10.1. The summed E-state index contributed by atoms with van der Waals surface area (Å²) in [7, 11) is 0. The van der Waals surface area contributed by atoms with Gasteiger partial charge < -0.3 is 20.9 Å². The Balaban J connectivity index is 2.75. The number of amides is 2. The normalized spacial score (nSPS) is 13.8. The maximum atomic E-state index is 12.5. The van der Waals surface area contributed by atoms with Gasteiger partial charge in [0.25, 0.3) is 5.91 Å². The van der Waals surface area contributed by atoms with Gasteiger partial charge in [0.1, 0.15) is 6.04 Å². The summed E-state index contributed by atoms with van der Waals surface area (Å²) in [5.41, 5.74) is 4.13. The Kier molecular flexibility index (Phi) is 7.98. The number of esters is 1. The number of benzene rings is 1. The van der Waals surface area contributed by atoms with Crippen LogP contribution in [-0.4, -0.2) is 35.5 Å². The Hall–Kier alpha value is -2.88. The van der Waals surface area contributed by atoms with E-state index in [1.54, 1.807) is 6.92 Å². The average molecular weight is 388 g/mol. The van der Waals surface area contributed by atoms with Gasteiger partial charge in [-0.2, -0.15) is 13.2 Å². The lowest BCUT2D eigenvalue weighted by Gasteiger charge is -2.17. The van der Waals surface area contributed by atoms with E-state index in [1.165, 1.54) is 6.08 Å². The lowest BCUT2D eigenvalue weighted by molar-refractivity contribution is -0.138. The van der Waals surface area contributed by atoms with Gasteiger partial charge in [0.2, 0.25) is 5.91 Å². The molecule has 0 saturated carbocycles. The van der Waals surface area contributed by atoms with Crippen LogP contribution in [-0.2, 0) is 25.3 Å². The SMILES string of the molecule is CCOC(=O)/C=C/C[C@H](NC(=O)[C@@H](O)c1ccc(C(F)(F)F)cc1)C(N)=O. The van der Waals surface area contributed by atoms with E-state index < -0.39 is 41.7 Å². The van der Waals surface area contributed by atoms with E-state index in [4.69, 9.17) is 5.73 Å². The minimum Gasteiger partial charge on any atom is -0.463 e. The van der Waals surface area contributed by atoms with Crippen LogP contribution in [0.15, 0.2) is 36.4 Å². The summed E-state index contributed by atoms with van der Waals surface area (Å²) in [6.45, 7) is 1.78. The second-order valence-corrected chi connectivity index (χ2v) is 5.38. The molecule has 0 spiro atoms. The van der Waals surface area contributed by atoms with Crippen molar-refractivity contribution in [1.29, 1.82) is 0 Å². The van der Waals surface area contributed by atoms with Crippen molar-refractivity contribution >= 4 is 17.8 Å². The number of nitrogens with two attached hydrogens (primary N) is 1. The van der Waals surface area contributed by atoms with Crippen LogP contribution in [0.25, 0.3) is 0 Å². The molecule has 0 aliphatic rings. The van der Waals surface area contributed by atoms with Gasteiger partial charge in [-0.3, -0.25) is 9.59 Å². The number of aliphatic hydroxyl groups is 1. The van der Waals surface area contributed by atoms with Crippen LogP contribution in [0.1, 0.15) is 30.6 Å². The summed E-state index contributed by atoms with van der Waals surface area (Å²) < 4.78 is 42.2. The summed E-state index contributed by atoms with van der Waals surface area (Å²) in [6, 6.07) is 2.12. The van der Waals surface area contributed by atoms with Crippen molar-refractivity contribution < 1.29 is 37.4 Å². The minimum absolute atomic E-state index is 0.0919. The first-order valence-electron chi connectivity index (χ1n) is 7.84. The van der Waals surface area contributed by atoms with Gasteiger partial charge in [-0.15, -0.1) is 0 Å². The van der Waals surface area contributed by atoms with E-state index in [1.807, 2.05) is 0 Å². The average Bonchev–Trinajstić information content (AvgIpc) is 2.59. The van der Waals surface area contributed by atoms with Crippen LogP contribution in [0.5, 0.6) is 0 Å². The Morgan fingerprint density at radius 3 is 2.33 bits per heavy atom. The third-order valence-corrected chi connectivity index (χ3v) is 3.37. The Bertz CT molecular complexity index is 702. The molecule has 148 valence electrons. The number of hydrogen-bond acceptors (Lipinski definition) is 5. The third kappa shape index (κ3) is 7.10. The number of hydrogen-bond donors (Lipinski definition) is 3. The first-order valence-corrected chi connectivity index (χ1v) is 7.84. The second kappa shape index (κ2) is 9.72. The number of carbonyl (C=O) groups excluding carboxylic acids is 3. The predicted molar refractivity (Wildman–Crippen MR) is 87.9 cm³/mol. The fourth-order valence-corrected chi connectivity index (χ4v) is 1.99. The molecule has 0 fully saturated rings. The van der Waals surface area contributed by atoms with Crippen LogP contribution < -0.4 is 11.1 Å². The largest absolute Gasteiger partial charge is 0.463 e. The highest BCUT2D eigenvalue weighted by molar-refractivity contribution is 5.89. The number of aliphatic hydroxyl groups excluding tert-OH is 1. The molecular weight excluding hydrogens is 369 g/mol. The standard InChI is InChI=1S/C17H19F3N2O5/c1-2-27-13(23)5-3-4-12(15(21)25)22-16(26)14(24)10-6-8-11(9-7-10)17(18,19)20/h3,5-9,12,14,24H,2,4H2,1H3,(H2,21,25)(H,22,26)/b5-3+/t12-,14-/m0/s1. The maximum absolute atomic E-state index is 12.5. The van der Waals surface area contributed by atoms with E-state index in [0.717, 1.165) is 30.3 Å². The van der Waals surface area contributed by atoms with Crippen molar-refractivity contribution in [2.75, 3.05) is 6.61 Å². The first-order chi connectivity index (χ1) is 12.6. The second-order valence-electron chi connectivity index (χ2n) is 5.38. The molecule has 27 heavy (non-hydrogen) atoms. The van der Waals surface area contributed by atoms with Crippen molar-refractivity contribution in [1.82, 2.24) is 5.32 Å². The number of alkyl halides is 3. The van der Waals surface area contributed by atoms with Gasteiger partial charge >= 0.3 is 12.1 Å². The van der Waals surface area contributed by atoms with Crippen LogP contribution in [0.3, 0.4) is 0 Å². The summed E-state index contributed by atoms with van der Waals surface area (Å²) in [5.74, 6) is -2.59. The number of nitrogens with one attached hydrogen (secondary N) is 1.